The van der Waals surface area contributed by atoms with Gasteiger partial charge in [-0.15, -0.1) is 0 Å². The van der Waals surface area contributed by atoms with Gasteiger partial charge in [-0.2, -0.15) is 0 Å². The van der Waals surface area contributed by atoms with Crippen LogP contribution >= 0.6 is 15.9 Å². The predicted molar refractivity (Wildman–Crippen MR) is 128 cm³/mol. The summed E-state index contributed by atoms with van der Waals surface area (Å²) < 4.78 is 18.2. The van der Waals surface area contributed by atoms with Gasteiger partial charge in [-0.3, -0.25) is 9.59 Å². The molecule has 1 aliphatic rings. The number of fused-ring (bicyclic) bond motifs is 2. The maximum absolute atomic E-state index is 13.4. The number of nitrogens with zero attached hydrogens (tertiary/aromatic N) is 1. The summed E-state index contributed by atoms with van der Waals surface area (Å²) in [7, 11) is 3.22. The Morgan fingerprint density at radius 1 is 1.00 bits per heavy atom. The normalized spacial score (nSPS) is 15.1. The maximum Gasteiger partial charge on any atom is 0.290 e. The Hall–Kier alpha value is -3.58. The van der Waals surface area contributed by atoms with Gasteiger partial charge in [-0.1, -0.05) is 52.3 Å². The average molecular weight is 506 g/mol. The summed E-state index contributed by atoms with van der Waals surface area (Å²) in [5.74, 6) is 0.836. The summed E-state index contributed by atoms with van der Waals surface area (Å²) in [6.45, 7) is 0.394. The van der Waals surface area contributed by atoms with Crippen molar-refractivity contribution in [2.75, 3.05) is 14.2 Å². The van der Waals surface area contributed by atoms with E-state index >= 15 is 0 Å². The SMILES string of the molecule is COc1cc(C2c3c(oc4ccc(Br)cc4c3=O)C(=O)N2C)ccc1OCc1ccccc1. The molecule has 2 heterocycles. The topological polar surface area (TPSA) is 69.0 Å². The number of hydrogen-bond acceptors (Lipinski definition) is 5. The number of hydrogen-bond donors (Lipinski definition) is 0. The van der Waals surface area contributed by atoms with Crippen molar-refractivity contribution in [2.24, 2.45) is 0 Å². The van der Waals surface area contributed by atoms with Crippen molar-refractivity contribution in [3.8, 4) is 11.5 Å². The molecule has 0 fully saturated rings. The average Bonchev–Trinajstić information content (AvgIpc) is 3.09. The Balaban J connectivity index is 1.56. The number of halogens is 1. The van der Waals surface area contributed by atoms with Crippen LogP contribution in [0.4, 0.5) is 0 Å². The van der Waals surface area contributed by atoms with E-state index in [1.54, 1.807) is 44.5 Å². The first-order valence-electron chi connectivity index (χ1n) is 10.4. The van der Waals surface area contributed by atoms with Crippen molar-refractivity contribution < 1.29 is 18.7 Å². The van der Waals surface area contributed by atoms with Crippen LogP contribution in [0.3, 0.4) is 0 Å². The van der Waals surface area contributed by atoms with Crippen LogP contribution in [0.2, 0.25) is 0 Å². The van der Waals surface area contributed by atoms with Crippen LogP contribution in [0.5, 0.6) is 11.5 Å². The van der Waals surface area contributed by atoms with E-state index in [0.717, 1.165) is 15.6 Å². The molecule has 3 aromatic carbocycles. The molecule has 0 aliphatic carbocycles. The van der Waals surface area contributed by atoms with Gasteiger partial charge in [0.25, 0.3) is 5.91 Å². The van der Waals surface area contributed by atoms with Crippen molar-refractivity contribution in [3.63, 3.8) is 0 Å². The highest BCUT2D eigenvalue weighted by atomic mass is 79.9. The molecule has 7 heteroatoms. The minimum atomic E-state index is -0.593. The quantitative estimate of drug-likeness (QED) is 0.367. The van der Waals surface area contributed by atoms with Gasteiger partial charge in [-0.25, -0.2) is 0 Å². The molecule has 1 aromatic heterocycles. The minimum Gasteiger partial charge on any atom is -0.493 e. The van der Waals surface area contributed by atoms with Crippen LogP contribution in [-0.2, 0) is 6.61 Å². The third-order valence-corrected chi connectivity index (χ3v) is 6.30. The zero-order chi connectivity index (χ0) is 23.1. The first-order chi connectivity index (χ1) is 16.0. The van der Waals surface area contributed by atoms with Gasteiger partial charge in [0.1, 0.15) is 12.2 Å². The van der Waals surface area contributed by atoms with Crippen LogP contribution in [0.25, 0.3) is 11.0 Å². The largest absolute Gasteiger partial charge is 0.493 e. The second-order valence-corrected chi connectivity index (χ2v) is 8.73. The molecule has 0 saturated carbocycles. The third kappa shape index (κ3) is 3.68. The molecule has 0 saturated heterocycles. The van der Waals surface area contributed by atoms with E-state index in [9.17, 15) is 9.59 Å². The van der Waals surface area contributed by atoms with E-state index in [1.807, 2.05) is 36.4 Å². The lowest BCUT2D eigenvalue weighted by Gasteiger charge is -2.21. The van der Waals surface area contributed by atoms with Crippen molar-refractivity contribution in [1.82, 2.24) is 4.90 Å². The third-order valence-electron chi connectivity index (χ3n) is 5.80. The van der Waals surface area contributed by atoms with Gasteiger partial charge in [-0.05, 0) is 41.5 Å². The molecule has 1 unspecified atom stereocenters. The minimum absolute atomic E-state index is 0.0747. The Bertz CT molecular complexity index is 1430. The molecule has 4 aromatic rings. The van der Waals surface area contributed by atoms with Gasteiger partial charge >= 0.3 is 0 Å². The van der Waals surface area contributed by atoms with Gasteiger partial charge in [0.05, 0.1) is 24.1 Å². The number of amides is 1. The highest BCUT2D eigenvalue weighted by Gasteiger charge is 2.41. The predicted octanol–water partition coefficient (Wildman–Crippen LogP) is 5.32. The summed E-state index contributed by atoms with van der Waals surface area (Å²) in [6, 6.07) is 19.9. The van der Waals surface area contributed by atoms with E-state index < -0.39 is 6.04 Å². The molecule has 0 spiro atoms. The molecule has 33 heavy (non-hydrogen) atoms. The van der Waals surface area contributed by atoms with Crippen LogP contribution < -0.4 is 14.9 Å². The zero-order valence-electron chi connectivity index (χ0n) is 18.0. The fourth-order valence-corrected chi connectivity index (χ4v) is 4.52. The Kier molecular flexibility index (Phi) is 5.42. The van der Waals surface area contributed by atoms with E-state index in [1.165, 1.54) is 4.90 Å². The lowest BCUT2D eigenvalue weighted by molar-refractivity contribution is 0.0771. The Labute approximate surface area is 198 Å². The van der Waals surface area contributed by atoms with Gasteiger partial charge in [0.2, 0.25) is 5.76 Å². The molecular weight excluding hydrogens is 486 g/mol. The molecule has 0 radical (unpaired) electrons. The molecular formula is C26H20BrNO5. The molecule has 1 aliphatic heterocycles. The smallest absolute Gasteiger partial charge is 0.290 e. The molecule has 1 atom stereocenters. The van der Waals surface area contributed by atoms with E-state index in [0.29, 0.717) is 34.6 Å². The lowest BCUT2D eigenvalue weighted by Crippen LogP contribution is -2.25. The number of methoxy groups -OCH3 is 1. The molecule has 0 bridgehead atoms. The van der Waals surface area contributed by atoms with Crippen LogP contribution in [0, 0.1) is 0 Å². The monoisotopic (exact) mass is 505 g/mol. The fourth-order valence-electron chi connectivity index (χ4n) is 4.16. The van der Waals surface area contributed by atoms with E-state index in [4.69, 9.17) is 13.9 Å². The van der Waals surface area contributed by atoms with Gasteiger partial charge in [0, 0.05) is 11.5 Å². The van der Waals surface area contributed by atoms with E-state index in [-0.39, 0.29) is 17.1 Å². The highest BCUT2D eigenvalue weighted by Crippen LogP contribution is 2.40. The molecule has 166 valence electrons. The summed E-state index contributed by atoms with van der Waals surface area (Å²) in [6.07, 6.45) is 0. The summed E-state index contributed by atoms with van der Waals surface area (Å²) in [4.78, 5) is 27.9. The van der Waals surface area contributed by atoms with Crippen molar-refractivity contribution in [1.29, 1.82) is 0 Å². The number of carbonyl (C=O) groups excluding carboxylic acids is 1. The highest BCUT2D eigenvalue weighted by molar-refractivity contribution is 9.10. The molecule has 5 rings (SSSR count). The fraction of sp³-hybridized carbons (Fsp3) is 0.154. The Morgan fingerprint density at radius 2 is 1.79 bits per heavy atom. The number of carbonyl (C=O) groups is 1. The second kappa shape index (κ2) is 8.41. The van der Waals surface area contributed by atoms with Gasteiger partial charge in [0.15, 0.2) is 16.9 Å². The first-order valence-corrected chi connectivity index (χ1v) is 11.2. The number of benzene rings is 3. The van der Waals surface area contributed by atoms with Crippen molar-refractivity contribution in [3.05, 3.63) is 104 Å². The van der Waals surface area contributed by atoms with Crippen LogP contribution in [-0.4, -0.2) is 25.0 Å². The summed E-state index contributed by atoms with van der Waals surface area (Å²) >= 11 is 3.40. The van der Waals surface area contributed by atoms with Gasteiger partial charge < -0.3 is 18.8 Å². The summed E-state index contributed by atoms with van der Waals surface area (Å²) in [5, 5.41) is 0.422. The van der Waals surface area contributed by atoms with Crippen molar-refractivity contribution in [2.45, 2.75) is 12.6 Å². The van der Waals surface area contributed by atoms with Crippen molar-refractivity contribution >= 4 is 32.8 Å². The Morgan fingerprint density at radius 3 is 2.55 bits per heavy atom. The second-order valence-electron chi connectivity index (χ2n) is 7.82. The number of rotatable bonds is 5. The maximum atomic E-state index is 13.4. The molecule has 0 N–H and O–H groups in total. The zero-order valence-corrected chi connectivity index (χ0v) is 19.6. The first kappa shape index (κ1) is 21.3. The standard InChI is InChI=1S/C26H20BrNO5/c1-28-23(22-24(29)18-13-17(27)9-11-19(18)33-25(22)26(28)30)16-8-10-20(21(12-16)31-2)32-14-15-6-4-3-5-7-15/h3-13,23H,14H2,1-2H3. The number of ether oxygens (including phenoxy) is 2. The lowest BCUT2D eigenvalue weighted by atomic mass is 9.98. The van der Waals surface area contributed by atoms with Crippen LogP contribution in [0.1, 0.15) is 33.3 Å². The van der Waals surface area contributed by atoms with E-state index in [2.05, 4.69) is 15.9 Å². The molecule has 1 amide bonds. The van der Waals surface area contributed by atoms with Crippen LogP contribution in [0.15, 0.2) is 80.4 Å². The molecule has 6 nitrogen and oxygen atoms in total. The summed E-state index contributed by atoms with van der Waals surface area (Å²) in [5.41, 5.74) is 2.25.